The second-order valence-corrected chi connectivity index (χ2v) is 5.08. The van der Waals surface area contributed by atoms with Crippen LogP contribution in [0.5, 0.6) is 5.75 Å². The molecule has 1 aromatic carbocycles. The Kier molecular flexibility index (Phi) is 4.32. The first-order valence-corrected chi connectivity index (χ1v) is 6.57. The van der Waals surface area contributed by atoms with E-state index in [1.165, 1.54) is 18.3 Å². The second-order valence-electron chi connectivity index (χ2n) is 4.68. The van der Waals surface area contributed by atoms with Gasteiger partial charge in [-0.05, 0) is 24.6 Å². The summed E-state index contributed by atoms with van der Waals surface area (Å²) >= 11 is 6.16. The third-order valence-corrected chi connectivity index (χ3v) is 3.47. The molecule has 1 unspecified atom stereocenters. The van der Waals surface area contributed by atoms with Gasteiger partial charge in [-0.25, -0.2) is 0 Å². The summed E-state index contributed by atoms with van der Waals surface area (Å²) in [6.07, 6.45) is 1.50. The molecule has 0 radical (unpaired) electrons. The molecule has 2 aromatic rings. The summed E-state index contributed by atoms with van der Waals surface area (Å²) < 4.78 is 6.65. The van der Waals surface area contributed by atoms with Gasteiger partial charge in [0, 0.05) is 7.11 Å². The van der Waals surface area contributed by atoms with Gasteiger partial charge in [0.25, 0.3) is 0 Å². The molecule has 0 fully saturated rings. The van der Waals surface area contributed by atoms with Gasteiger partial charge < -0.3 is 14.9 Å². The van der Waals surface area contributed by atoms with Gasteiger partial charge >= 0.3 is 0 Å². The van der Waals surface area contributed by atoms with Crippen molar-refractivity contribution < 1.29 is 14.9 Å². The minimum Gasteiger partial charge on any atom is -0.508 e. The molecule has 0 aliphatic rings. The molecule has 5 nitrogen and oxygen atoms in total. The van der Waals surface area contributed by atoms with Crippen LogP contribution in [-0.4, -0.2) is 33.7 Å². The van der Waals surface area contributed by atoms with E-state index in [4.69, 9.17) is 16.3 Å². The fraction of sp³-hybridized carbons (Fsp3) is 0.357. The third-order valence-electron chi connectivity index (χ3n) is 3.19. The van der Waals surface area contributed by atoms with Gasteiger partial charge in [-0.2, -0.15) is 5.10 Å². The summed E-state index contributed by atoms with van der Waals surface area (Å²) in [5, 5.41) is 24.7. The van der Waals surface area contributed by atoms with Crippen LogP contribution in [0, 0.1) is 0 Å². The largest absolute Gasteiger partial charge is 0.508 e. The Morgan fingerprint density at radius 3 is 2.60 bits per heavy atom. The highest BCUT2D eigenvalue weighted by atomic mass is 35.5. The molecule has 0 saturated heterocycles. The highest BCUT2D eigenvalue weighted by molar-refractivity contribution is 6.31. The van der Waals surface area contributed by atoms with Crippen molar-refractivity contribution in [3.63, 3.8) is 0 Å². The normalized spacial score (nSPS) is 14.2. The van der Waals surface area contributed by atoms with E-state index in [0.717, 1.165) is 0 Å². The number of hydrogen-bond donors (Lipinski definition) is 2. The molecule has 1 aromatic heterocycles. The summed E-state index contributed by atoms with van der Waals surface area (Å²) in [4.78, 5) is 0. The predicted octanol–water partition coefficient (Wildman–Crippen LogP) is 2.14. The first kappa shape index (κ1) is 14.8. The van der Waals surface area contributed by atoms with Crippen LogP contribution in [0.1, 0.15) is 18.2 Å². The SMILES string of the molecule is COCCn1ncc(Cl)c1C(C)(O)c1ccc(O)cc1. The Bertz CT molecular complexity index is 579. The van der Waals surface area contributed by atoms with Gasteiger partial charge in [-0.3, -0.25) is 4.68 Å². The maximum atomic E-state index is 10.8. The minimum absolute atomic E-state index is 0.142. The molecule has 6 heteroatoms. The molecule has 0 bridgehead atoms. The zero-order valence-electron chi connectivity index (χ0n) is 11.4. The average molecular weight is 297 g/mol. The summed E-state index contributed by atoms with van der Waals surface area (Å²) in [5.41, 5.74) is -0.187. The molecule has 0 aliphatic heterocycles. The van der Waals surface area contributed by atoms with Crippen LogP contribution in [-0.2, 0) is 16.9 Å². The Labute approximate surface area is 122 Å². The fourth-order valence-corrected chi connectivity index (χ4v) is 2.44. The van der Waals surface area contributed by atoms with Gasteiger partial charge in [-0.15, -0.1) is 0 Å². The topological polar surface area (TPSA) is 67.5 Å². The van der Waals surface area contributed by atoms with Crippen molar-refractivity contribution in [2.45, 2.75) is 19.1 Å². The van der Waals surface area contributed by atoms with Crippen molar-refractivity contribution in [2.75, 3.05) is 13.7 Å². The van der Waals surface area contributed by atoms with Crippen molar-refractivity contribution in [2.24, 2.45) is 0 Å². The lowest BCUT2D eigenvalue weighted by atomic mass is 9.92. The molecule has 108 valence electrons. The second kappa shape index (κ2) is 5.83. The zero-order valence-corrected chi connectivity index (χ0v) is 12.1. The number of nitrogens with zero attached hydrogens (tertiary/aromatic N) is 2. The van der Waals surface area contributed by atoms with E-state index in [2.05, 4.69) is 5.10 Å². The lowest BCUT2D eigenvalue weighted by molar-refractivity contribution is 0.0883. The number of hydrogen-bond acceptors (Lipinski definition) is 4. The minimum atomic E-state index is -1.31. The molecule has 2 rings (SSSR count). The lowest BCUT2D eigenvalue weighted by Gasteiger charge is -2.25. The number of benzene rings is 1. The van der Waals surface area contributed by atoms with Crippen molar-refractivity contribution in [1.29, 1.82) is 0 Å². The Morgan fingerprint density at radius 2 is 2.00 bits per heavy atom. The number of aliphatic hydroxyl groups is 1. The highest BCUT2D eigenvalue weighted by Gasteiger charge is 2.32. The molecule has 1 heterocycles. The molecule has 0 aliphatic carbocycles. The van der Waals surface area contributed by atoms with Crippen LogP contribution in [0.25, 0.3) is 0 Å². The number of aromatic hydroxyl groups is 1. The Hall–Kier alpha value is -1.56. The molecule has 2 N–H and O–H groups in total. The molecule has 0 spiro atoms. The summed E-state index contributed by atoms with van der Waals surface area (Å²) in [5.74, 6) is 0.142. The van der Waals surface area contributed by atoms with Crippen LogP contribution in [0.4, 0.5) is 0 Å². The van der Waals surface area contributed by atoms with Gasteiger partial charge in [0.1, 0.15) is 11.4 Å². The molecule has 20 heavy (non-hydrogen) atoms. The van der Waals surface area contributed by atoms with Gasteiger partial charge in [0.15, 0.2) is 0 Å². The van der Waals surface area contributed by atoms with E-state index in [1.54, 1.807) is 30.8 Å². The quantitative estimate of drug-likeness (QED) is 0.887. The zero-order chi connectivity index (χ0) is 14.8. The number of halogens is 1. The molecular weight excluding hydrogens is 280 g/mol. The average Bonchev–Trinajstić information content (AvgIpc) is 2.78. The van der Waals surface area contributed by atoms with E-state index in [0.29, 0.717) is 29.4 Å². The predicted molar refractivity (Wildman–Crippen MR) is 75.9 cm³/mol. The number of ether oxygens (including phenoxy) is 1. The highest BCUT2D eigenvalue weighted by Crippen LogP contribution is 2.34. The van der Waals surface area contributed by atoms with E-state index in [9.17, 15) is 10.2 Å². The maximum Gasteiger partial charge on any atom is 0.130 e. The van der Waals surface area contributed by atoms with Crippen LogP contribution in [0.3, 0.4) is 0 Å². The van der Waals surface area contributed by atoms with Gasteiger partial charge in [0.2, 0.25) is 0 Å². The van der Waals surface area contributed by atoms with Crippen LogP contribution < -0.4 is 0 Å². The number of rotatable bonds is 5. The summed E-state index contributed by atoms with van der Waals surface area (Å²) in [7, 11) is 1.60. The number of methoxy groups -OCH3 is 1. The van der Waals surface area contributed by atoms with Crippen LogP contribution in [0.2, 0.25) is 5.02 Å². The molecule has 0 amide bonds. The number of aromatic nitrogens is 2. The van der Waals surface area contributed by atoms with Crippen LogP contribution >= 0.6 is 11.6 Å². The lowest BCUT2D eigenvalue weighted by Crippen LogP contribution is -2.28. The van der Waals surface area contributed by atoms with Crippen molar-refractivity contribution in [3.8, 4) is 5.75 Å². The molecule has 1 atom stereocenters. The maximum absolute atomic E-state index is 10.8. The van der Waals surface area contributed by atoms with Crippen molar-refractivity contribution in [3.05, 3.63) is 46.7 Å². The van der Waals surface area contributed by atoms with Gasteiger partial charge in [0.05, 0.1) is 30.1 Å². The first-order chi connectivity index (χ1) is 9.46. The van der Waals surface area contributed by atoms with Crippen molar-refractivity contribution >= 4 is 11.6 Å². The van der Waals surface area contributed by atoms with Crippen molar-refractivity contribution in [1.82, 2.24) is 9.78 Å². The van der Waals surface area contributed by atoms with Gasteiger partial charge in [-0.1, -0.05) is 23.7 Å². The fourth-order valence-electron chi connectivity index (χ4n) is 2.12. The smallest absolute Gasteiger partial charge is 0.130 e. The van der Waals surface area contributed by atoms with Crippen LogP contribution in [0.15, 0.2) is 30.5 Å². The summed E-state index contributed by atoms with van der Waals surface area (Å²) in [6.45, 7) is 2.61. The Morgan fingerprint density at radius 1 is 1.35 bits per heavy atom. The van der Waals surface area contributed by atoms with E-state index >= 15 is 0 Å². The Balaban J connectivity index is 2.42. The van der Waals surface area contributed by atoms with E-state index < -0.39 is 5.60 Å². The number of phenols is 1. The summed E-state index contributed by atoms with van der Waals surface area (Å²) in [6, 6.07) is 6.35. The van der Waals surface area contributed by atoms with E-state index in [1.807, 2.05) is 0 Å². The van der Waals surface area contributed by atoms with E-state index in [-0.39, 0.29) is 5.75 Å². The third kappa shape index (κ3) is 2.80. The first-order valence-electron chi connectivity index (χ1n) is 6.19. The molecular formula is C14H17ClN2O3. The number of phenolic OH excluding ortho intramolecular Hbond substituents is 1. The molecule has 0 saturated carbocycles. The monoisotopic (exact) mass is 296 g/mol. The standard InChI is InChI=1S/C14H17ClN2O3/c1-14(19,10-3-5-11(18)6-4-10)13-12(15)9-16-17(13)7-8-20-2/h3-6,9,18-19H,7-8H2,1-2H3.